The van der Waals surface area contributed by atoms with E-state index in [-0.39, 0.29) is 17.2 Å². The molecule has 3 nitrogen and oxygen atoms in total. The van der Waals surface area contributed by atoms with Crippen molar-refractivity contribution in [1.29, 1.82) is 0 Å². The highest BCUT2D eigenvalue weighted by atomic mass is 16.6. The van der Waals surface area contributed by atoms with Gasteiger partial charge >= 0.3 is 0 Å². The van der Waals surface area contributed by atoms with E-state index in [1.165, 1.54) is 0 Å². The molecule has 0 saturated carbocycles. The monoisotopic (exact) mass is 187 g/mol. The van der Waals surface area contributed by atoms with Crippen LogP contribution in [0.25, 0.3) is 0 Å². The van der Waals surface area contributed by atoms with Gasteiger partial charge < -0.3 is 0 Å². The van der Waals surface area contributed by atoms with E-state index < -0.39 is 0 Å². The second-order valence-corrected chi connectivity index (χ2v) is 4.57. The number of carbonyl (C=O) groups is 1. The number of hydroxylamine groups is 1. The SMILES string of the molecule is CCONC(=O)[C@H](C)CC(C)(C)C. The number of nitrogens with one attached hydrogen (secondary N) is 1. The third kappa shape index (κ3) is 6.58. The fourth-order valence-corrected chi connectivity index (χ4v) is 1.26. The lowest BCUT2D eigenvalue weighted by atomic mass is 9.85. The van der Waals surface area contributed by atoms with Crippen LogP contribution in [0.4, 0.5) is 0 Å². The quantitative estimate of drug-likeness (QED) is 0.685. The van der Waals surface area contributed by atoms with Crippen LogP contribution in [0.1, 0.15) is 41.0 Å². The molecule has 0 radical (unpaired) electrons. The molecule has 1 amide bonds. The van der Waals surface area contributed by atoms with Crippen molar-refractivity contribution in [2.24, 2.45) is 11.3 Å². The van der Waals surface area contributed by atoms with Crippen molar-refractivity contribution in [1.82, 2.24) is 5.48 Å². The standard InChI is InChI=1S/C10H21NO2/c1-6-13-11-9(12)8(2)7-10(3,4)5/h8H,6-7H2,1-5H3,(H,11,12)/t8-/m1/s1. The van der Waals surface area contributed by atoms with Gasteiger partial charge in [0.1, 0.15) is 0 Å². The maximum atomic E-state index is 11.3. The molecule has 0 saturated heterocycles. The molecule has 0 spiro atoms. The molecule has 0 rings (SSSR count). The van der Waals surface area contributed by atoms with Gasteiger partial charge in [0.25, 0.3) is 0 Å². The maximum Gasteiger partial charge on any atom is 0.246 e. The third-order valence-electron chi connectivity index (χ3n) is 1.68. The Morgan fingerprint density at radius 2 is 2.00 bits per heavy atom. The molecule has 3 heteroatoms. The van der Waals surface area contributed by atoms with E-state index in [1.54, 1.807) is 0 Å². The first-order chi connectivity index (χ1) is 5.87. The van der Waals surface area contributed by atoms with Crippen LogP contribution in [0.2, 0.25) is 0 Å². The summed E-state index contributed by atoms with van der Waals surface area (Å²) in [6, 6.07) is 0. The van der Waals surface area contributed by atoms with Crippen molar-refractivity contribution in [2.45, 2.75) is 41.0 Å². The van der Waals surface area contributed by atoms with Gasteiger partial charge in [-0.2, -0.15) is 0 Å². The predicted octanol–water partition coefficient (Wildman–Crippen LogP) is 2.13. The molecule has 0 fully saturated rings. The smallest absolute Gasteiger partial charge is 0.246 e. The second kappa shape index (κ2) is 5.22. The van der Waals surface area contributed by atoms with Crippen LogP contribution in [0.5, 0.6) is 0 Å². The molecule has 0 heterocycles. The lowest BCUT2D eigenvalue weighted by Crippen LogP contribution is -2.31. The zero-order valence-corrected chi connectivity index (χ0v) is 9.31. The number of hydrogen-bond acceptors (Lipinski definition) is 2. The molecule has 13 heavy (non-hydrogen) atoms. The summed E-state index contributed by atoms with van der Waals surface area (Å²) >= 11 is 0. The Labute approximate surface area is 80.8 Å². The van der Waals surface area contributed by atoms with Crippen molar-refractivity contribution in [3.63, 3.8) is 0 Å². The van der Waals surface area contributed by atoms with Gasteiger partial charge in [0.2, 0.25) is 5.91 Å². The maximum absolute atomic E-state index is 11.3. The molecule has 1 atom stereocenters. The summed E-state index contributed by atoms with van der Waals surface area (Å²) in [7, 11) is 0. The summed E-state index contributed by atoms with van der Waals surface area (Å²) in [5, 5.41) is 0. The van der Waals surface area contributed by atoms with E-state index in [0.29, 0.717) is 6.61 Å². The Hall–Kier alpha value is -0.570. The third-order valence-corrected chi connectivity index (χ3v) is 1.68. The van der Waals surface area contributed by atoms with Crippen LogP contribution in [0, 0.1) is 11.3 Å². The second-order valence-electron chi connectivity index (χ2n) is 4.57. The summed E-state index contributed by atoms with van der Waals surface area (Å²) in [6.07, 6.45) is 0.867. The molecule has 0 aliphatic carbocycles. The van der Waals surface area contributed by atoms with Gasteiger partial charge in [0.15, 0.2) is 0 Å². The number of hydrogen-bond donors (Lipinski definition) is 1. The van der Waals surface area contributed by atoms with Crippen molar-refractivity contribution in [2.75, 3.05) is 6.61 Å². The van der Waals surface area contributed by atoms with Crippen LogP contribution in [0.15, 0.2) is 0 Å². The van der Waals surface area contributed by atoms with Gasteiger partial charge in [0, 0.05) is 5.92 Å². The molecular formula is C10H21NO2. The molecule has 78 valence electrons. The molecule has 0 aromatic heterocycles. The fraction of sp³-hybridized carbons (Fsp3) is 0.900. The van der Waals surface area contributed by atoms with Gasteiger partial charge in [-0.3, -0.25) is 9.63 Å². The lowest BCUT2D eigenvalue weighted by molar-refractivity contribution is -0.137. The van der Waals surface area contributed by atoms with E-state index in [4.69, 9.17) is 4.84 Å². The largest absolute Gasteiger partial charge is 0.274 e. The first-order valence-corrected chi connectivity index (χ1v) is 4.78. The Kier molecular flexibility index (Phi) is 4.99. The number of carbonyl (C=O) groups excluding carboxylic acids is 1. The minimum Gasteiger partial charge on any atom is -0.274 e. The number of amides is 1. The Morgan fingerprint density at radius 1 is 1.46 bits per heavy atom. The summed E-state index contributed by atoms with van der Waals surface area (Å²) < 4.78 is 0. The van der Waals surface area contributed by atoms with E-state index in [9.17, 15) is 4.79 Å². The fourth-order valence-electron chi connectivity index (χ4n) is 1.26. The molecule has 0 bridgehead atoms. The van der Waals surface area contributed by atoms with Gasteiger partial charge in [-0.1, -0.05) is 27.7 Å². The summed E-state index contributed by atoms with van der Waals surface area (Å²) in [6.45, 7) is 10.6. The molecular weight excluding hydrogens is 166 g/mol. The molecule has 0 aromatic carbocycles. The van der Waals surface area contributed by atoms with Crippen LogP contribution in [-0.4, -0.2) is 12.5 Å². The van der Waals surface area contributed by atoms with Crippen LogP contribution < -0.4 is 5.48 Å². The van der Waals surface area contributed by atoms with Gasteiger partial charge in [0.05, 0.1) is 6.61 Å². The normalized spacial score (nSPS) is 13.9. The van der Waals surface area contributed by atoms with E-state index >= 15 is 0 Å². The topological polar surface area (TPSA) is 38.3 Å². The first-order valence-electron chi connectivity index (χ1n) is 4.78. The summed E-state index contributed by atoms with van der Waals surface area (Å²) in [5.74, 6) is -0.0247. The highest BCUT2D eigenvalue weighted by Gasteiger charge is 2.20. The van der Waals surface area contributed by atoms with E-state index in [1.807, 2.05) is 13.8 Å². The van der Waals surface area contributed by atoms with E-state index in [2.05, 4.69) is 26.3 Å². The molecule has 0 aromatic rings. The van der Waals surface area contributed by atoms with Crippen molar-refractivity contribution < 1.29 is 9.63 Å². The zero-order valence-electron chi connectivity index (χ0n) is 9.31. The molecule has 0 aliphatic heterocycles. The molecule has 1 N–H and O–H groups in total. The minimum absolute atomic E-state index is 0.00606. The minimum atomic E-state index is -0.0308. The highest BCUT2D eigenvalue weighted by Crippen LogP contribution is 2.23. The Morgan fingerprint density at radius 3 is 2.38 bits per heavy atom. The van der Waals surface area contributed by atoms with Crippen LogP contribution in [-0.2, 0) is 9.63 Å². The van der Waals surface area contributed by atoms with E-state index in [0.717, 1.165) is 6.42 Å². The van der Waals surface area contributed by atoms with Crippen molar-refractivity contribution >= 4 is 5.91 Å². The zero-order chi connectivity index (χ0) is 10.5. The van der Waals surface area contributed by atoms with Crippen LogP contribution in [0.3, 0.4) is 0 Å². The first kappa shape index (κ1) is 12.4. The average molecular weight is 187 g/mol. The molecule has 0 unspecified atom stereocenters. The summed E-state index contributed by atoms with van der Waals surface area (Å²) in [5.41, 5.74) is 2.60. The van der Waals surface area contributed by atoms with Crippen molar-refractivity contribution in [3.05, 3.63) is 0 Å². The van der Waals surface area contributed by atoms with Gasteiger partial charge in [-0.15, -0.1) is 0 Å². The Balaban J connectivity index is 3.83. The van der Waals surface area contributed by atoms with Gasteiger partial charge in [-0.25, -0.2) is 5.48 Å². The molecule has 0 aliphatic rings. The van der Waals surface area contributed by atoms with Crippen molar-refractivity contribution in [3.8, 4) is 0 Å². The Bertz CT molecular complexity index is 161. The average Bonchev–Trinajstić information content (AvgIpc) is 1.96. The summed E-state index contributed by atoms with van der Waals surface area (Å²) in [4.78, 5) is 16.2. The lowest BCUT2D eigenvalue weighted by Gasteiger charge is -2.22. The van der Waals surface area contributed by atoms with Crippen LogP contribution >= 0.6 is 0 Å². The highest BCUT2D eigenvalue weighted by molar-refractivity contribution is 5.77. The predicted molar refractivity (Wildman–Crippen MR) is 53.0 cm³/mol. The van der Waals surface area contributed by atoms with Gasteiger partial charge in [-0.05, 0) is 18.8 Å². The number of rotatable bonds is 4.